The molecule has 0 N–H and O–H groups in total. The van der Waals surface area contributed by atoms with Crippen LogP contribution in [0, 0.1) is 0 Å². The first-order chi connectivity index (χ1) is 12.3. The van der Waals surface area contributed by atoms with Crippen molar-refractivity contribution in [3.8, 4) is 11.4 Å². The first kappa shape index (κ1) is 19.7. The Morgan fingerprint density at radius 1 is 1.19 bits per heavy atom. The third-order valence-electron chi connectivity index (χ3n) is 4.13. The van der Waals surface area contributed by atoms with E-state index in [4.69, 9.17) is 16.3 Å². The Kier molecular flexibility index (Phi) is 4.35. The fraction of sp³-hybridized carbons (Fsp3) is 0.312. The average Bonchev–Trinajstić information content (AvgIpc) is 2.75. The molecular formula is C16H11BrClF3N2O4. The predicted octanol–water partition coefficient (Wildman–Crippen LogP) is 3.32. The van der Waals surface area contributed by atoms with Crippen LogP contribution in [-0.4, -0.2) is 20.5 Å². The molecule has 2 aromatic rings. The lowest BCUT2D eigenvalue weighted by molar-refractivity contribution is -0.144. The molecule has 1 aliphatic rings. The van der Waals surface area contributed by atoms with Crippen LogP contribution in [0.1, 0.15) is 29.9 Å². The molecule has 0 saturated heterocycles. The summed E-state index contributed by atoms with van der Waals surface area (Å²) in [5, 5.41) is 0.0213. The number of fused-ring (bicyclic) bond motifs is 1. The number of rotatable bonds is 1. The van der Waals surface area contributed by atoms with E-state index in [-0.39, 0.29) is 26.5 Å². The van der Waals surface area contributed by atoms with E-state index in [2.05, 4.69) is 15.9 Å². The molecule has 0 radical (unpaired) electrons. The topological polar surface area (TPSA) is 70.3 Å². The van der Waals surface area contributed by atoms with Crippen LogP contribution in [0.15, 0.2) is 26.2 Å². The lowest BCUT2D eigenvalue weighted by Gasteiger charge is -2.18. The third-order valence-corrected chi connectivity index (χ3v) is 5.03. The van der Waals surface area contributed by atoms with Gasteiger partial charge in [0.1, 0.15) is 11.4 Å². The van der Waals surface area contributed by atoms with Crippen molar-refractivity contribution in [2.75, 3.05) is 0 Å². The van der Waals surface area contributed by atoms with Crippen LogP contribution in [-0.2, 0) is 13.2 Å². The number of alkyl halides is 3. The molecule has 1 aliphatic heterocycles. The van der Waals surface area contributed by atoms with Crippen LogP contribution in [0.25, 0.3) is 5.69 Å². The first-order valence-electron chi connectivity index (χ1n) is 7.44. The van der Waals surface area contributed by atoms with Gasteiger partial charge in [0.2, 0.25) is 5.78 Å². The van der Waals surface area contributed by atoms with Gasteiger partial charge in [0.15, 0.2) is 11.4 Å². The fourth-order valence-electron chi connectivity index (χ4n) is 2.81. The number of hydrogen-bond donors (Lipinski definition) is 0. The van der Waals surface area contributed by atoms with E-state index in [0.29, 0.717) is 15.2 Å². The summed E-state index contributed by atoms with van der Waals surface area (Å²) in [6.07, 6.45) is -4.89. The Bertz CT molecular complexity index is 1120. The smallest absolute Gasteiger partial charge is 0.431 e. The summed E-state index contributed by atoms with van der Waals surface area (Å²) in [6, 6.07) is 1.58. The molecule has 6 nitrogen and oxygen atoms in total. The second kappa shape index (κ2) is 5.96. The molecular weight excluding hydrogens is 457 g/mol. The minimum Gasteiger partial charge on any atom is -0.477 e. The lowest BCUT2D eigenvalue weighted by Crippen LogP contribution is -2.41. The Morgan fingerprint density at radius 2 is 1.78 bits per heavy atom. The SMILES string of the molecule is Cn1c(C(F)(F)F)cc(=O)n(-c2c(Br)cc(Cl)c3c2OC(C)(C)C3=O)c1=O. The minimum absolute atomic E-state index is 0.0213. The summed E-state index contributed by atoms with van der Waals surface area (Å²) >= 11 is 9.24. The number of nitrogens with zero attached hydrogens (tertiary/aromatic N) is 2. The molecule has 0 amide bonds. The number of hydrogen-bond acceptors (Lipinski definition) is 4. The standard InChI is InChI=1S/C16H11BrClF3N2O4/c1-15(2)13(25)10-7(18)4-6(17)11(12(10)27-15)23-9(24)5-8(16(19,20)21)22(3)14(23)26/h4-5H,1-3H3. The molecule has 0 spiro atoms. The maximum Gasteiger partial charge on any atom is 0.431 e. The molecule has 27 heavy (non-hydrogen) atoms. The highest BCUT2D eigenvalue weighted by Crippen LogP contribution is 2.45. The van der Waals surface area contributed by atoms with Gasteiger partial charge in [-0.2, -0.15) is 13.2 Å². The molecule has 0 aliphatic carbocycles. The van der Waals surface area contributed by atoms with Crippen molar-refractivity contribution < 1.29 is 22.7 Å². The molecule has 0 fully saturated rings. The first-order valence-corrected chi connectivity index (χ1v) is 8.61. The quantitative estimate of drug-likeness (QED) is 0.645. The number of carbonyl (C=O) groups is 1. The Labute approximate surface area is 163 Å². The van der Waals surface area contributed by atoms with Gasteiger partial charge in [0.05, 0.1) is 10.6 Å². The Balaban J connectivity index is 2.43. The molecule has 0 unspecified atom stereocenters. The van der Waals surface area contributed by atoms with Gasteiger partial charge in [-0.15, -0.1) is 0 Å². The number of halogens is 5. The number of benzene rings is 1. The number of ketones is 1. The second-order valence-corrected chi connectivity index (χ2v) is 7.64. The summed E-state index contributed by atoms with van der Waals surface area (Å²) in [5.41, 5.74) is -5.42. The predicted molar refractivity (Wildman–Crippen MR) is 94.0 cm³/mol. The third kappa shape index (κ3) is 2.91. The summed E-state index contributed by atoms with van der Waals surface area (Å²) < 4.78 is 45.7. The number of carbonyl (C=O) groups excluding carboxylic acids is 1. The van der Waals surface area contributed by atoms with Gasteiger partial charge in [0, 0.05) is 17.6 Å². The van der Waals surface area contributed by atoms with Crippen molar-refractivity contribution in [3.05, 3.63) is 53.7 Å². The minimum atomic E-state index is -4.89. The van der Waals surface area contributed by atoms with Gasteiger partial charge in [-0.1, -0.05) is 11.6 Å². The van der Waals surface area contributed by atoms with Gasteiger partial charge >= 0.3 is 11.9 Å². The van der Waals surface area contributed by atoms with Crippen molar-refractivity contribution in [2.45, 2.75) is 25.6 Å². The summed E-state index contributed by atoms with van der Waals surface area (Å²) in [7, 11) is 0.890. The normalized spacial score (nSPS) is 15.6. The van der Waals surface area contributed by atoms with E-state index < -0.39 is 34.5 Å². The summed E-state index contributed by atoms with van der Waals surface area (Å²) in [5.74, 6) is -0.628. The van der Waals surface area contributed by atoms with Gasteiger partial charge in [0.25, 0.3) is 5.56 Å². The van der Waals surface area contributed by atoms with Gasteiger partial charge in [-0.25, -0.2) is 9.36 Å². The molecule has 144 valence electrons. The number of Topliss-reactive ketones (excluding diaryl/α,β-unsaturated/α-hetero) is 1. The molecule has 3 rings (SSSR count). The van der Waals surface area contributed by atoms with E-state index >= 15 is 0 Å². The Hall–Kier alpha value is -2.07. The van der Waals surface area contributed by atoms with Crippen LogP contribution in [0.2, 0.25) is 5.02 Å². The zero-order valence-electron chi connectivity index (χ0n) is 14.1. The highest BCUT2D eigenvalue weighted by Gasteiger charge is 2.44. The van der Waals surface area contributed by atoms with Crippen molar-refractivity contribution in [3.63, 3.8) is 0 Å². The molecule has 11 heteroatoms. The van der Waals surface area contributed by atoms with Gasteiger partial charge < -0.3 is 4.74 Å². The van der Waals surface area contributed by atoms with Crippen LogP contribution < -0.4 is 16.0 Å². The highest BCUT2D eigenvalue weighted by molar-refractivity contribution is 9.10. The van der Waals surface area contributed by atoms with Crippen molar-refractivity contribution in [1.82, 2.24) is 9.13 Å². The van der Waals surface area contributed by atoms with Crippen molar-refractivity contribution >= 4 is 33.3 Å². The maximum absolute atomic E-state index is 13.0. The second-order valence-electron chi connectivity index (χ2n) is 6.38. The van der Waals surface area contributed by atoms with E-state index in [1.807, 2.05) is 0 Å². The molecule has 1 aromatic carbocycles. The van der Waals surface area contributed by atoms with Crippen molar-refractivity contribution in [1.29, 1.82) is 0 Å². The van der Waals surface area contributed by atoms with Crippen LogP contribution in [0.5, 0.6) is 5.75 Å². The van der Waals surface area contributed by atoms with E-state index in [1.54, 1.807) is 0 Å². The number of ether oxygens (including phenoxy) is 1. The van der Waals surface area contributed by atoms with Gasteiger partial charge in [-0.05, 0) is 35.8 Å². The molecule has 0 saturated carbocycles. The van der Waals surface area contributed by atoms with Crippen LogP contribution in [0.4, 0.5) is 13.2 Å². The summed E-state index contributed by atoms with van der Waals surface area (Å²) in [4.78, 5) is 37.5. The van der Waals surface area contributed by atoms with E-state index in [1.165, 1.54) is 19.9 Å². The number of aromatic nitrogens is 2. The molecule has 2 heterocycles. The van der Waals surface area contributed by atoms with E-state index in [0.717, 1.165) is 7.05 Å². The molecule has 0 atom stereocenters. The zero-order valence-corrected chi connectivity index (χ0v) is 16.4. The Morgan fingerprint density at radius 3 is 2.33 bits per heavy atom. The van der Waals surface area contributed by atoms with Gasteiger partial charge in [-0.3, -0.25) is 14.2 Å². The van der Waals surface area contributed by atoms with Crippen molar-refractivity contribution in [2.24, 2.45) is 7.05 Å². The highest BCUT2D eigenvalue weighted by atomic mass is 79.9. The fourth-order valence-corrected chi connectivity index (χ4v) is 3.81. The largest absolute Gasteiger partial charge is 0.477 e. The average molecular weight is 468 g/mol. The van der Waals surface area contributed by atoms with E-state index in [9.17, 15) is 27.6 Å². The van der Waals surface area contributed by atoms with Crippen LogP contribution >= 0.6 is 27.5 Å². The summed E-state index contributed by atoms with van der Waals surface area (Å²) in [6.45, 7) is 2.94. The molecule has 0 bridgehead atoms. The lowest BCUT2D eigenvalue weighted by atomic mass is 9.99. The monoisotopic (exact) mass is 466 g/mol. The zero-order chi connectivity index (χ0) is 20.5. The maximum atomic E-state index is 13.0. The molecule has 1 aromatic heterocycles. The van der Waals surface area contributed by atoms with Crippen LogP contribution in [0.3, 0.4) is 0 Å².